The van der Waals surface area contributed by atoms with Crippen molar-refractivity contribution >= 4 is 22.4 Å². The summed E-state index contributed by atoms with van der Waals surface area (Å²) in [6.07, 6.45) is -0.719. The zero-order valence-corrected chi connectivity index (χ0v) is 13.1. The SMILES string of the molecule is Cn1c(=O)n(CC(O)COCc2cccs2)c2ccccc21. The molecular weight excluding hydrogens is 300 g/mol. The van der Waals surface area contributed by atoms with Crippen LogP contribution in [0.2, 0.25) is 0 Å². The van der Waals surface area contributed by atoms with E-state index in [2.05, 4.69) is 0 Å². The molecule has 0 bridgehead atoms. The first-order valence-corrected chi connectivity index (χ1v) is 7.97. The lowest BCUT2D eigenvalue weighted by Gasteiger charge is -2.11. The molecule has 0 saturated carbocycles. The van der Waals surface area contributed by atoms with Gasteiger partial charge in [0, 0.05) is 11.9 Å². The molecule has 1 N–H and O–H groups in total. The van der Waals surface area contributed by atoms with Crippen molar-refractivity contribution in [3.8, 4) is 0 Å². The molecule has 1 aromatic carbocycles. The van der Waals surface area contributed by atoms with Crippen LogP contribution in [0.5, 0.6) is 0 Å². The van der Waals surface area contributed by atoms with Crippen LogP contribution in [-0.2, 0) is 24.9 Å². The summed E-state index contributed by atoms with van der Waals surface area (Å²) in [6.45, 7) is 0.914. The molecule has 2 heterocycles. The maximum Gasteiger partial charge on any atom is 0.328 e. The number of hydrogen-bond acceptors (Lipinski definition) is 4. The molecule has 3 rings (SSSR count). The zero-order chi connectivity index (χ0) is 15.5. The van der Waals surface area contributed by atoms with Gasteiger partial charge in [0.25, 0.3) is 0 Å². The smallest absolute Gasteiger partial charge is 0.328 e. The molecule has 6 heteroatoms. The van der Waals surface area contributed by atoms with Crippen LogP contribution >= 0.6 is 11.3 Å². The summed E-state index contributed by atoms with van der Waals surface area (Å²) >= 11 is 1.62. The summed E-state index contributed by atoms with van der Waals surface area (Å²) in [7, 11) is 1.74. The van der Waals surface area contributed by atoms with Crippen molar-refractivity contribution in [3.05, 3.63) is 57.1 Å². The molecule has 0 aliphatic rings. The average molecular weight is 318 g/mol. The Kier molecular flexibility index (Phi) is 4.42. The van der Waals surface area contributed by atoms with Crippen LogP contribution in [0.4, 0.5) is 0 Å². The van der Waals surface area contributed by atoms with E-state index in [-0.39, 0.29) is 18.8 Å². The quantitative estimate of drug-likeness (QED) is 0.756. The number of para-hydroxylation sites is 2. The number of aliphatic hydroxyl groups is 1. The Labute approximate surface area is 132 Å². The third-order valence-corrected chi connectivity index (χ3v) is 4.43. The predicted octanol–water partition coefficient (Wildman–Crippen LogP) is 1.98. The lowest BCUT2D eigenvalue weighted by molar-refractivity contribution is 0.0213. The molecule has 22 heavy (non-hydrogen) atoms. The first kappa shape index (κ1) is 15.0. The number of fused-ring (bicyclic) bond motifs is 1. The molecule has 0 saturated heterocycles. The van der Waals surface area contributed by atoms with E-state index in [0.29, 0.717) is 6.61 Å². The Morgan fingerprint density at radius 3 is 2.73 bits per heavy atom. The van der Waals surface area contributed by atoms with Crippen LogP contribution in [0, 0.1) is 0 Å². The number of nitrogens with zero attached hydrogens (tertiary/aromatic N) is 2. The third-order valence-electron chi connectivity index (χ3n) is 3.58. The number of ether oxygens (including phenoxy) is 1. The maximum absolute atomic E-state index is 12.3. The number of imidazole rings is 1. The number of aliphatic hydroxyl groups excluding tert-OH is 1. The van der Waals surface area contributed by atoms with Crippen molar-refractivity contribution in [2.45, 2.75) is 19.3 Å². The largest absolute Gasteiger partial charge is 0.389 e. The molecular formula is C16H18N2O3S. The Bertz CT molecular complexity index is 805. The average Bonchev–Trinajstić information content (AvgIpc) is 3.11. The zero-order valence-electron chi connectivity index (χ0n) is 12.3. The van der Waals surface area contributed by atoms with Gasteiger partial charge in [0.1, 0.15) is 0 Å². The van der Waals surface area contributed by atoms with E-state index in [1.54, 1.807) is 27.5 Å². The van der Waals surface area contributed by atoms with Crippen LogP contribution in [0.25, 0.3) is 11.0 Å². The van der Waals surface area contributed by atoms with Crippen molar-refractivity contribution in [2.24, 2.45) is 7.05 Å². The Hall–Kier alpha value is -1.89. The molecule has 2 aromatic heterocycles. The monoisotopic (exact) mass is 318 g/mol. The molecule has 0 radical (unpaired) electrons. The van der Waals surface area contributed by atoms with Gasteiger partial charge in [-0.2, -0.15) is 0 Å². The van der Waals surface area contributed by atoms with E-state index in [0.717, 1.165) is 15.9 Å². The molecule has 0 fully saturated rings. The maximum atomic E-state index is 12.3. The highest BCUT2D eigenvalue weighted by molar-refractivity contribution is 7.09. The normalized spacial score (nSPS) is 12.8. The van der Waals surface area contributed by atoms with Gasteiger partial charge in [0.05, 0.1) is 36.9 Å². The van der Waals surface area contributed by atoms with E-state index in [1.807, 2.05) is 41.8 Å². The van der Waals surface area contributed by atoms with Gasteiger partial charge in [-0.15, -0.1) is 11.3 Å². The third kappa shape index (κ3) is 2.99. The molecule has 0 aliphatic carbocycles. The van der Waals surface area contributed by atoms with Crippen molar-refractivity contribution in [3.63, 3.8) is 0 Å². The minimum atomic E-state index is -0.719. The molecule has 0 aliphatic heterocycles. The molecule has 1 atom stereocenters. The number of thiophene rings is 1. The first-order chi connectivity index (χ1) is 10.7. The summed E-state index contributed by atoms with van der Waals surface area (Å²) in [5, 5.41) is 12.1. The van der Waals surface area contributed by atoms with Gasteiger partial charge in [0.2, 0.25) is 0 Å². The van der Waals surface area contributed by atoms with Crippen LogP contribution in [-0.4, -0.2) is 27.0 Å². The molecule has 0 amide bonds. The second-order valence-electron chi connectivity index (χ2n) is 5.19. The number of hydrogen-bond donors (Lipinski definition) is 1. The fourth-order valence-corrected chi connectivity index (χ4v) is 3.13. The van der Waals surface area contributed by atoms with Crippen molar-refractivity contribution in [1.82, 2.24) is 9.13 Å². The van der Waals surface area contributed by atoms with Crippen molar-refractivity contribution in [1.29, 1.82) is 0 Å². The molecule has 1 unspecified atom stereocenters. The number of aromatic nitrogens is 2. The summed E-state index contributed by atoms with van der Waals surface area (Å²) in [6, 6.07) is 11.5. The van der Waals surface area contributed by atoms with Gasteiger partial charge in [-0.05, 0) is 23.6 Å². The van der Waals surface area contributed by atoms with Gasteiger partial charge in [0.15, 0.2) is 0 Å². The highest BCUT2D eigenvalue weighted by Gasteiger charge is 2.14. The fraction of sp³-hybridized carbons (Fsp3) is 0.312. The lowest BCUT2D eigenvalue weighted by Crippen LogP contribution is -2.29. The van der Waals surface area contributed by atoms with Gasteiger partial charge >= 0.3 is 5.69 Å². The van der Waals surface area contributed by atoms with Crippen LogP contribution < -0.4 is 5.69 Å². The van der Waals surface area contributed by atoms with E-state index in [4.69, 9.17) is 4.74 Å². The molecule has 5 nitrogen and oxygen atoms in total. The highest BCUT2D eigenvalue weighted by Crippen LogP contribution is 2.13. The second-order valence-corrected chi connectivity index (χ2v) is 6.22. The fourth-order valence-electron chi connectivity index (χ4n) is 2.49. The lowest BCUT2D eigenvalue weighted by atomic mass is 10.3. The van der Waals surface area contributed by atoms with Gasteiger partial charge in [-0.1, -0.05) is 18.2 Å². The van der Waals surface area contributed by atoms with Crippen molar-refractivity contribution < 1.29 is 9.84 Å². The summed E-state index contributed by atoms with van der Waals surface area (Å²) < 4.78 is 8.69. The molecule has 3 aromatic rings. The van der Waals surface area contributed by atoms with Crippen molar-refractivity contribution in [2.75, 3.05) is 6.61 Å². The number of aryl methyl sites for hydroxylation is 1. The minimum absolute atomic E-state index is 0.126. The summed E-state index contributed by atoms with van der Waals surface area (Å²) in [4.78, 5) is 13.4. The van der Waals surface area contributed by atoms with Gasteiger partial charge in [-0.25, -0.2) is 4.79 Å². The van der Waals surface area contributed by atoms with Gasteiger partial charge in [-0.3, -0.25) is 9.13 Å². The van der Waals surface area contributed by atoms with E-state index >= 15 is 0 Å². The predicted molar refractivity (Wildman–Crippen MR) is 87.2 cm³/mol. The summed E-state index contributed by atoms with van der Waals surface area (Å²) in [5.41, 5.74) is 1.56. The van der Waals surface area contributed by atoms with E-state index in [1.165, 1.54) is 0 Å². The topological polar surface area (TPSA) is 56.4 Å². The molecule has 116 valence electrons. The van der Waals surface area contributed by atoms with E-state index < -0.39 is 6.10 Å². The minimum Gasteiger partial charge on any atom is -0.389 e. The van der Waals surface area contributed by atoms with Crippen LogP contribution in [0.15, 0.2) is 46.6 Å². The van der Waals surface area contributed by atoms with Crippen LogP contribution in [0.3, 0.4) is 0 Å². The Balaban J connectivity index is 1.67. The Morgan fingerprint density at radius 2 is 2.00 bits per heavy atom. The number of rotatable bonds is 6. The standard InChI is InChI=1S/C16H18N2O3S/c1-17-14-6-2-3-7-15(14)18(16(17)20)9-12(19)10-21-11-13-5-4-8-22-13/h2-8,12,19H,9-11H2,1H3. The Morgan fingerprint density at radius 1 is 1.23 bits per heavy atom. The first-order valence-electron chi connectivity index (χ1n) is 7.09. The van der Waals surface area contributed by atoms with Crippen LogP contribution in [0.1, 0.15) is 4.88 Å². The van der Waals surface area contributed by atoms with E-state index in [9.17, 15) is 9.90 Å². The summed E-state index contributed by atoms with van der Waals surface area (Å²) in [5.74, 6) is 0. The van der Waals surface area contributed by atoms with Gasteiger partial charge < -0.3 is 9.84 Å². The second kappa shape index (κ2) is 6.48. The highest BCUT2D eigenvalue weighted by atomic mass is 32.1. The number of benzene rings is 1. The molecule has 0 spiro atoms.